The maximum atomic E-state index is 13.5. The van der Waals surface area contributed by atoms with Crippen molar-refractivity contribution in [3.05, 3.63) is 98.4 Å². The van der Waals surface area contributed by atoms with Crippen LogP contribution in [0.15, 0.2) is 77.1 Å². The lowest BCUT2D eigenvalue weighted by molar-refractivity contribution is -0.384. The molecule has 0 amide bonds. The fourth-order valence-electron chi connectivity index (χ4n) is 5.01. The van der Waals surface area contributed by atoms with Gasteiger partial charge in [0, 0.05) is 36.6 Å². The van der Waals surface area contributed by atoms with Crippen LogP contribution in [-0.2, 0) is 20.9 Å². The fraction of sp³-hybridized carbons (Fsp3) is 0.333. The van der Waals surface area contributed by atoms with Crippen LogP contribution < -0.4 is 5.32 Å². The first-order valence-corrected chi connectivity index (χ1v) is 11.9. The molecule has 2 aromatic rings. The summed E-state index contributed by atoms with van der Waals surface area (Å²) in [7, 11) is 0. The number of carboxylic acids is 1. The number of carbonyl (C=O) groups excluding carboxylic acids is 1. The molecular formula is C27H29N3O6. The van der Waals surface area contributed by atoms with E-state index in [0.717, 1.165) is 19.5 Å². The van der Waals surface area contributed by atoms with Crippen molar-refractivity contribution in [2.75, 3.05) is 13.1 Å². The molecule has 2 N–H and O–H groups in total. The molecule has 2 atom stereocenters. The number of piperidine rings is 1. The van der Waals surface area contributed by atoms with Gasteiger partial charge in [-0.25, -0.2) is 9.59 Å². The highest BCUT2D eigenvalue weighted by molar-refractivity contribution is 5.99. The second-order valence-electron chi connectivity index (χ2n) is 9.18. The molecule has 1 fully saturated rings. The Morgan fingerprint density at radius 3 is 2.53 bits per heavy atom. The molecule has 36 heavy (non-hydrogen) atoms. The Bertz CT molecular complexity index is 1240. The molecule has 2 aliphatic heterocycles. The number of non-ortho nitro benzene ring substituents is 1. The topological polar surface area (TPSA) is 122 Å². The summed E-state index contributed by atoms with van der Waals surface area (Å²) in [5.41, 5.74) is 2.31. The molecule has 4 rings (SSSR count). The van der Waals surface area contributed by atoms with Crippen LogP contribution in [0.25, 0.3) is 0 Å². The summed E-state index contributed by atoms with van der Waals surface area (Å²) in [6.45, 7) is 5.52. The summed E-state index contributed by atoms with van der Waals surface area (Å²) >= 11 is 0. The standard InChI is InChI=1S/C27H29N3O6/c1-17-23(26(31)32)25(20-10-6-11-21(14-20)30(34)35)24(18(2)28-17)27(33)36-22-12-7-13-29(16-22)15-19-8-4-3-5-9-19/h3-6,8-11,14,22,25,28H,7,12-13,15-16H2,1-2H3,(H,31,32). The van der Waals surface area contributed by atoms with E-state index < -0.39 is 22.8 Å². The normalized spacial score (nSPS) is 20.6. The number of rotatable bonds is 7. The number of hydrogen-bond acceptors (Lipinski definition) is 7. The predicted molar refractivity (Wildman–Crippen MR) is 133 cm³/mol. The molecular weight excluding hydrogens is 462 g/mol. The number of hydrogen-bond donors (Lipinski definition) is 2. The van der Waals surface area contributed by atoms with Crippen LogP contribution in [0.3, 0.4) is 0 Å². The summed E-state index contributed by atoms with van der Waals surface area (Å²) in [5, 5.41) is 24.4. The van der Waals surface area contributed by atoms with Gasteiger partial charge in [-0.3, -0.25) is 15.0 Å². The van der Waals surface area contributed by atoms with Crippen molar-refractivity contribution in [2.24, 2.45) is 0 Å². The lowest BCUT2D eigenvalue weighted by atomic mass is 9.80. The zero-order valence-corrected chi connectivity index (χ0v) is 20.3. The maximum absolute atomic E-state index is 13.5. The van der Waals surface area contributed by atoms with E-state index in [0.29, 0.717) is 29.9 Å². The number of carbonyl (C=O) groups is 2. The molecule has 188 valence electrons. The highest BCUT2D eigenvalue weighted by Crippen LogP contribution is 2.40. The molecule has 2 aliphatic rings. The van der Waals surface area contributed by atoms with Crippen LogP contribution in [0, 0.1) is 10.1 Å². The van der Waals surface area contributed by atoms with Crippen molar-refractivity contribution in [3.63, 3.8) is 0 Å². The number of benzene rings is 2. The van der Waals surface area contributed by atoms with E-state index in [1.54, 1.807) is 19.9 Å². The minimum absolute atomic E-state index is 0.0394. The van der Waals surface area contributed by atoms with Gasteiger partial charge in [0.25, 0.3) is 5.69 Å². The van der Waals surface area contributed by atoms with Gasteiger partial charge < -0.3 is 15.2 Å². The van der Waals surface area contributed by atoms with E-state index >= 15 is 0 Å². The number of nitrogens with zero attached hydrogens (tertiary/aromatic N) is 2. The van der Waals surface area contributed by atoms with Gasteiger partial charge in [-0.15, -0.1) is 0 Å². The highest BCUT2D eigenvalue weighted by atomic mass is 16.6. The van der Waals surface area contributed by atoms with Crippen molar-refractivity contribution < 1.29 is 24.4 Å². The second-order valence-corrected chi connectivity index (χ2v) is 9.18. The zero-order valence-electron chi connectivity index (χ0n) is 20.3. The zero-order chi connectivity index (χ0) is 25.8. The van der Waals surface area contributed by atoms with Crippen LogP contribution in [0.5, 0.6) is 0 Å². The minimum atomic E-state index is -1.21. The van der Waals surface area contributed by atoms with Crippen molar-refractivity contribution in [1.29, 1.82) is 0 Å². The summed E-state index contributed by atoms with van der Waals surface area (Å²) in [4.78, 5) is 38.8. The van der Waals surface area contributed by atoms with Crippen LogP contribution in [0.4, 0.5) is 5.69 Å². The molecule has 9 nitrogen and oxygen atoms in total. The molecule has 9 heteroatoms. The fourth-order valence-corrected chi connectivity index (χ4v) is 5.01. The number of ether oxygens (including phenoxy) is 1. The van der Waals surface area contributed by atoms with Crippen LogP contribution >= 0.6 is 0 Å². The predicted octanol–water partition coefficient (Wildman–Crippen LogP) is 4.12. The molecule has 1 saturated heterocycles. The Labute approximate surface area is 209 Å². The van der Waals surface area contributed by atoms with Crippen LogP contribution in [-0.4, -0.2) is 46.1 Å². The van der Waals surface area contributed by atoms with Gasteiger partial charge >= 0.3 is 11.9 Å². The van der Waals surface area contributed by atoms with Gasteiger partial charge in [0.2, 0.25) is 0 Å². The third kappa shape index (κ3) is 5.46. The minimum Gasteiger partial charge on any atom is -0.478 e. The largest absolute Gasteiger partial charge is 0.478 e. The molecule has 0 saturated carbocycles. The third-order valence-electron chi connectivity index (χ3n) is 6.61. The van der Waals surface area contributed by atoms with E-state index in [9.17, 15) is 24.8 Å². The number of nitrogens with one attached hydrogen (secondary N) is 1. The molecule has 0 aliphatic carbocycles. The van der Waals surface area contributed by atoms with Crippen molar-refractivity contribution >= 4 is 17.6 Å². The Morgan fingerprint density at radius 1 is 1.11 bits per heavy atom. The first-order valence-electron chi connectivity index (χ1n) is 11.9. The van der Waals surface area contributed by atoms with E-state index in [4.69, 9.17) is 4.74 Å². The number of allylic oxidation sites excluding steroid dienone is 2. The van der Waals surface area contributed by atoms with Crippen LogP contribution in [0.1, 0.15) is 43.7 Å². The van der Waals surface area contributed by atoms with E-state index in [1.165, 1.54) is 23.8 Å². The lowest BCUT2D eigenvalue weighted by Crippen LogP contribution is -2.41. The Balaban J connectivity index is 1.60. The highest BCUT2D eigenvalue weighted by Gasteiger charge is 2.38. The Kier molecular flexibility index (Phi) is 7.49. The molecule has 0 bridgehead atoms. The smallest absolute Gasteiger partial charge is 0.337 e. The van der Waals surface area contributed by atoms with Gasteiger partial charge in [0.15, 0.2) is 0 Å². The summed E-state index contributed by atoms with van der Waals surface area (Å²) < 4.78 is 5.93. The monoisotopic (exact) mass is 491 g/mol. The van der Waals surface area contributed by atoms with Crippen molar-refractivity contribution in [3.8, 4) is 0 Å². The Morgan fingerprint density at radius 2 is 1.83 bits per heavy atom. The van der Waals surface area contributed by atoms with E-state index in [1.807, 2.05) is 18.2 Å². The lowest BCUT2D eigenvalue weighted by Gasteiger charge is -2.34. The third-order valence-corrected chi connectivity index (χ3v) is 6.61. The SMILES string of the molecule is CC1=C(C(=O)O)C(c2cccc([N+](=O)[O-])c2)C(C(=O)OC2CCCN(Cc3ccccc3)C2)=C(C)N1. The molecule has 0 aromatic heterocycles. The van der Waals surface area contributed by atoms with Crippen molar-refractivity contribution in [2.45, 2.75) is 45.3 Å². The number of carboxylic acid groups (broad SMARTS) is 1. The molecule has 2 aromatic carbocycles. The summed E-state index contributed by atoms with van der Waals surface area (Å²) in [6, 6.07) is 15.8. The first-order chi connectivity index (χ1) is 17.2. The molecule has 2 unspecified atom stereocenters. The average molecular weight is 492 g/mol. The first kappa shape index (κ1) is 25.1. The van der Waals surface area contributed by atoms with Gasteiger partial charge in [-0.05, 0) is 44.4 Å². The number of esters is 1. The van der Waals surface area contributed by atoms with Gasteiger partial charge in [0.1, 0.15) is 6.10 Å². The summed E-state index contributed by atoms with van der Waals surface area (Å²) in [5.74, 6) is -2.82. The second kappa shape index (κ2) is 10.7. The molecule has 0 radical (unpaired) electrons. The number of dihydropyridines is 1. The summed E-state index contributed by atoms with van der Waals surface area (Å²) in [6.07, 6.45) is 1.23. The van der Waals surface area contributed by atoms with Gasteiger partial charge in [-0.2, -0.15) is 0 Å². The molecule has 0 spiro atoms. The Hall–Kier alpha value is -3.98. The number of likely N-dealkylation sites (tertiary alicyclic amines) is 1. The van der Waals surface area contributed by atoms with Gasteiger partial charge in [0.05, 0.1) is 22.0 Å². The quantitative estimate of drug-likeness (QED) is 0.337. The molecule has 2 heterocycles. The average Bonchev–Trinajstić information content (AvgIpc) is 2.84. The van der Waals surface area contributed by atoms with Gasteiger partial charge in [-0.1, -0.05) is 42.5 Å². The maximum Gasteiger partial charge on any atom is 0.337 e. The number of aliphatic carboxylic acids is 1. The number of nitro benzene ring substituents is 1. The van der Waals surface area contributed by atoms with E-state index in [-0.39, 0.29) is 22.9 Å². The number of nitro groups is 1. The van der Waals surface area contributed by atoms with E-state index in [2.05, 4.69) is 22.3 Å². The van der Waals surface area contributed by atoms with Crippen LogP contribution in [0.2, 0.25) is 0 Å². The van der Waals surface area contributed by atoms with Crippen molar-refractivity contribution in [1.82, 2.24) is 10.2 Å².